The minimum absolute atomic E-state index is 0.0197. The monoisotopic (exact) mass is 629 g/mol. The first kappa shape index (κ1) is 30.9. The van der Waals surface area contributed by atoms with Gasteiger partial charge in [0.1, 0.15) is 18.0 Å². The molecular weight excluding hydrogens is 590 g/mol. The first-order valence-electron chi connectivity index (χ1n) is 15.2. The Bertz CT molecular complexity index is 1500. The number of hydrogen-bond acceptors (Lipinski definition) is 8. The van der Waals surface area contributed by atoms with Crippen molar-refractivity contribution in [2.75, 3.05) is 46.8 Å². The lowest BCUT2D eigenvalue weighted by Crippen LogP contribution is -2.77. The number of hydrogen-bond donors (Lipinski definition) is 2. The van der Waals surface area contributed by atoms with Crippen LogP contribution in [0.25, 0.3) is 0 Å². The second-order valence-corrected chi connectivity index (χ2v) is 13.0. The molecule has 0 aromatic heterocycles. The maximum atomic E-state index is 14.3. The van der Waals surface area contributed by atoms with E-state index in [0.29, 0.717) is 26.2 Å². The number of carbonyl (C=O) groups is 3. The zero-order chi connectivity index (χ0) is 31.5. The third kappa shape index (κ3) is 6.77. The number of phenols is 1. The van der Waals surface area contributed by atoms with Crippen LogP contribution in [0.1, 0.15) is 11.1 Å². The van der Waals surface area contributed by atoms with E-state index in [2.05, 4.69) is 16.4 Å². The van der Waals surface area contributed by atoms with Crippen LogP contribution in [-0.2, 0) is 22.6 Å². The summed E-state index contributed by atoms with van der Waals surface area (Å²) in [7, 11) is 3.91. The van der Waals surface area contributed by atoms with Crippen molar-refractivity contribution in [1.82, 2.24) is 30.0 Å². The molecule has 11 nitrogen and oxygen atoms in total. The van der Waals surface area contributed by atoms with Gasteiger partial charge in [0.2, 0.25) is 11.8 Å². The highest BCUT2D eigenvalue weighted by Gasteiger charge is 2.51. The number of likely N-dealkylation sites (N-methyl/N-ethyl adjacent to an activating group) is 1. The van der Waals surface area contributed by atoms with E-state index >= 15 is 0 Å². The molecule has 4 unspecified atom stereocenters. The minimum atomic E-state index is -0.821. The standard InChI is InChI=1S/C33H39N7O4S/c1-36(2)15-16-38-21-30(42)39-27(17-23-11-13-26(41)14-12-23)32(43)37(19-25-9-6-10-28-31(25)35-22-45-28)20-29(39)40(38)33(44)34-18-24-7-4-3-5-8-24/h3-14,22,27-29,31,41H,15-21H2,1-2H3,(H,34,44). The van der Waals surface area contributed by atoms with Gasteiger partial charge >= 0.3 is 6.03 Å². The Kier molecular flexibility index (Phi) is 9.24. The molecule has 2 aromatic carbocycles. The molecule has 2 N–H and O–H groups in total. The maximum absolute atomic E-state index is 14.3. The summed E-state index contributed by atoms with van der Waals surface area (Å²) in [6, 6.07) is 15.2. The van der Waals surface area contributed by atoms with E-state index in [1.165, 1.54) is 0 Å². The van der Waals surface area contributed by atoms with Crippen molar-refractivity contribution in [2.45, 2.75) is 36.5 Å². The Hall–Kier alpha value is -4.13. The van der Waals surface area contributed by atoms with Gasteiger partial charge in [-0.15, -0.1) is 11.8 Å². The molecule has 6 rings (SSSR count). The molecule has 3 heterocycles. The van der Waals surface area contributed by atoms with Gasteiger partial charge in [0.15, 0.2) is 0 Å². The lowest BCUT2D eigenvalue weighted by atomic mass is 9.95. The summed E-state index contributed by atoms with van der Waals surface area (Å²) in [6.45, 7) is 1.93. The number of amides is 4. The van der Waals surface area contributed by atoms with E-state index in [1.807, 2.05) is 72.0 Å². The van der Waals surface area contributed by atoms with Crippen molar-refractivity contribution in [2.24, 2.45) is 4.99 Å². The highest BCUT2D eigenvalue weighted by atomic mass is 32.2. The van der Waals surface area contributed by atoms with Crippen molar-refractivity contribution in [3.05, 3.63) is 89.5 Å². The molecule has 0 saturated carbocycles. The third-order valence-corrected chi connectivity index (χ3v) is 9.58. The SMILES string of the molecule is CN(C)CCN1CC(=O)N2C(Cc3ccc(O)cc3)C(=O)N(CC3=CC=CC4SC=NC34)CC2N1C(=O)NCc1ccccc1. The van der Waals surface area contributed by atoms with Gasteiger partial charge in [0.05, 0.1) is 29.9 Å². The molecule has 12 heteroatoms. The average Bonchev–Trinajstić information content (AvgIpc) is 3.52. The van der Waals surface area contributed by atoms with Gasteiger partial charge in [-0.1, -0.05) is 60.7 Å². The van der Waals surface area contributed by atoms with Gasteiger partial charge in [-0.05, 0) is 42.9 Å². The number of carbonyl (C=O) groups excluding carboxylic acids is 3. The number of piperazine rings is 1. The largest absolute Gasteiger partial charge is 0.508 e. The van der Waals surface area contributed by atoms with Gasteiger partial charge in [-0.3, -0.25) is 14.6 Å². The fourth-order valence-electron chi connectivity index (χ4n) is 6.30. The number of nitrogens with one attached hydrogen (secondary N) is 1. The van der Waals surface area contributed by atoms with Crippen LogP contribution < -0.4 is 5.32 Å². The molecule has 4 amide bonds. The van der Waals surface area contributed by atoms with Crippen LogP contribution in [0.5, 0.6) is 5.75 Å². The van der Waals surface area contributed by atoms with Crippen LogP contribution in [-0.4, -0.2) is 124 Å². The van der Waals surface area contributed by atoms with Crippen LogP contribution in [0.15, 0.2) is 83.4 Å². The summed E-state index contributed by atoms with van der Waals surface area (Å²) in [4.78, 5) is 52.4. The van der Waals surface area contributed by atoms with Gasteiger partial charge in [0.25, 0.3) is 0 Å². The predicted octanol–water partition coefficient (Wildman–Crippen LogP) is 2.31. The van der Waals surface area contributed by atoms with Gasteiger partial charge in [0, 0.05) is 32.6 Å². The van der Waals surface area contributed by atoms with E-state index in [4.69, 9.17) is 0 Å². The van der Waals surface area contributed by atoms with E-state index in [9.17, 15) is 19.5 Å². The fourth-order valence-corrected chi connectivity index (χ4v) is 7.21. The highest BCUT2D eigenvalue weighted by Crippen LogP contribution is 2.34. The van der Waals surface area contributed by atoms with Crippen LogP contribution in [0.4, 0.5) is 4.79 Å². The normalized spacial score (nSPS) is 24.6. The van der Waals surface area contributed by atoms with Gasteiger partial charge in [-0.25, -0.2) is 14.8 Å². The molecule has 0 radical (unpaired) electrons. The number of fused-ring (bicyclic) bond motifs is 2. The van der Waals surface area contributed by atoms with E-state index in [-0.39, 0.29) is 54.4 Å². The summed E-state index contributed by atoms with van der Waals surface area (Å²) in [5, 5.41) is 16.6. The number of allylic oxidation sites excluding steroid dienone is 2. The topological polar surface area (TPSA) is 112 Å². The Morgan fingerprint density at radius 2 is 1.87 bits per heavy atom. The second-order valence-electron chi connectivity index (χ2n) is 12.0. The maximum Gasteiger partial charge on any atom is 0.334 e. The molecule has 2 aromatic rings. The van der Waals surface area contributed by atoms with Crippen molar-refractivity contribution in [3.63, 3.8) is 0 Å². The molecule has 0 spiro atoms. The van der Waals surface area contributed by atoms with E-state index < -0.39 is 12.2 Å². The Morgan fingerprint density at radius 1 is 1.09 bits per heavy atom. The average molecular weight is 630 g/mol. The Balaban J connectivity index is 1.34. The molecule has 45 heavy (non-hydrogen) atoms. The molecule has 3 aliphatic heterocycles. The second kappa shape index (κ2) is 13.5. The van der Waals surface area contributed by atoms with Crippen molar-refractivity contribution in [1.29, 1.82) is 0 Å². The Morgan fingerprint density at radius 3 is 2.62 bits per heavy atom. The quantitative estimate of drug-likeness (QED) is 0.438. The summed E-state index contributed by atoms with van der Waals surface area (Å²) in [5.74, 6) is -0.234. The Labute approximate surface area is 267 Å². The number of benzene rings is 2. The summed E-state index contributed by atoms with van der Waals surface area (Å²) < 4.78 is 0. The summed E-state index contributed by atoms with van der Waals surface area (Å²) >= 11 is 1.66. The number of aromatic hydroxyl groups is 1. The van der Waals surface area contributed by atoms with Crippen LogP contribution >= 0.6 is 11.8 Å². The number of thioether (sulfide) groups is 1. The highest BCUT2D eigenvalue weighted by molar-refractivity contribution is 8.13. The van der Waals surface area contributed by atoms with Crippen LogP contribution in [0, 0.1) is 0 Å². The van der Waals surface area contributed by atoms with E-state index in [1.54, 1.807) is 50.8 Å². The smallest absolute Gasteiger partial charge is 0.334 e. The lowest BCUT2D eigenvalue weighted by molar-refractivity contribution is -0.190. The fraction of sp³-hybridized carbons (Fsp3) is 0.394. The molecule has 4 atom stereocenters. The molecule has 2 fully saturated rings. The molecule has 2 saturated heterocycles. The van der Waals surface area contributed by atoms with Gasteiger partial charge in [-0.2, -0.15) is 0 Å². The third-order valence-electron chi connectivity index (χ3n) is 8.61. The lowest BCUT2D eigenvalue weighted by Gasteiger charge is -2.55. The van der Waals surface area contributed by atoms with E-state index in [0.717, 1.165) is 16.7 Å². The predicted molar refractivity (Wildman–Crippen MR) is 174 cm³/mol. The summed E-state index contributed by atoms with van der Waals surface area (Å²) in [6.07, 6.45) is 5.72. The first-order chi connectivity index (χ1) is 21.8. The van der Waals surface area contributed by atoms with Crippen LogP contribution in [0.3, 0.4) is 0 Å². The minimum Gasteiger partial charge on any atom is -0.508 e. The molecule has 0 bridgehead atoms. The zero-order valence-electron chi connectivity index (χ0n) is 25.5. The number of nitrogens with zero attached hydrogens (tertiary/aromatic N) is 6. The number of aliphatic imine (C=N–C) groups is 1. The number of hydrazine groups is 1. The van der Waals surface area contributed by atoms with Crippen LogP contribution in [0.2, 0.25) is 0 Å². The van der Waals surface area contributed by atoms with Crippen molar-refractivity contribution < 1.29 is 19.5 Å². The molecule has 4 aliphatic rings. The number of urea groups is 1. The van der Waals surface area contributed by atoms with Crippen molar-refractivity contribution >= 4 is 35.2 Å². The van der Waals surface area contributed by atoms with Crippen molar-refractivity contribution in [3.8, 4) is 5.75 Å². The molecule has 236 valence electrons. The molecule has 1 aliphatic carbocycles. The molecular formula is C33H39N7O4S. The zero-order valence-corrected chi connectivity index (χ0v) is 26.3. The van der Waals surface area contributed by atoms with Gasteiger partial charge < -0.3 is 25.1 Å². The number of phenolic OH excluding ortho intramolecular Hbond substituents is 1. The summed E-state index contributed by atoms with van der Waals surface area (Å²) in [5.41, 5.74) is 4.67. The number of rotatable bonds is 9. The first-order valence-corrected chi connectivity index (χ1v) is 16.2.